The van der Waals surface area contributed by atoms with Gasteiger partial charge in [-0.3, -0.25) is 4.79 Å². The monoisotopic (exact) mass is 586 g/mol. The molecule has 0 fully saturated rings. The normalized spacial score (nSPS) is 12.7. The van der Waals surface area contributed by atoms with Crippen molar-refractivity contribution in [1.29, 1.82) is 0 Å². The number of hydrogen-bond donors (Lipinski definition) is 1. The van der Waals surface area contributed by atoms with Crippen LogP contribution in [-0.2, 0) is 35.4 Å². The molecule has 0 saturated carbocycles. The van der Waals surface area contributed by atoms with Gasteiger partial charge in [0.05, 0.1) is 17.0 Å². The lowest BCUT2D eigenvalue weighted by Crippen LogP contribution is -2.24. The number of hydrogen-bond acceptors (Lipinski definition) is 6. The minimum absolute atomic E-state index is 0.0836. The highest BCUT2D eigenvalue weighted by Crippen LogP contribution is 2.33. The molecular weight excluding hydrogens is 560 g/mol. The Morgan fingerprint density at radius 1 is 0.976 bits per heavy atom. The van der Waals surface area contributed by atoms with Gasteiger partial charge >= 0.3 is 12.1 Å². The predicted octanol–water partition coefficient (Wildman–Crippen LogP) is 7.69. The first-order valence-electron chi connectivity index (χ1n) is 12.5. The van der Waals surface area contributed by atoms with Crippen LogP contribution in [0.1, 0.15) is 34.2 Å². The molecule has 214 valence electrons. The molecule has 1 aromatic heterocycles. The Hall–Kier alpha value is -4.25. The van der Waals surface area contributed by atoms with Gasteiger partial charge in [0.25, 0.3) is 0 Å². The van der Waals surface area contributed by atoms with Crippen LogP contribution in [0.2, 0.25) is 0 Å². The molecule has 6 nitrogen and oxygen atoms in total. The van der Waals surface area contributed by atoms with E-state index in [1.807, 2.05) is 6.92 Å². The molecule has 11 heteroatoms. The third kappa shape index (κ3) is 8.14. The van der Waals surface area contributed by atoms with Crippen molar-refractivity contribution in [1.82, 2.24) is 4.98 Å². The summed E-state index contributed by atoms with van der Waals surface area (Å²) >= 11 is 1.37. The number of aliphatic carboxylic acids is 1. The molecule has 1 heterocycles. The van der Waals surface area contributed by atoms with E-state index in [4.69, 9.17) is 9.57 Å². The SMILES string of the molecule is C/C(=N\OCc1ccc(F)cc1)C(Cc1ccc(OCc2nc(-c3ccc(C(F)(F)F)cc3)sc2C)cc1)C(=O)O. The van der Waals surface area contributed by atoms with E-state index in [1.165, 1.54) is 35.6 Å². The van der Waals surface area contributed by atoms with E-state index in [1.54, 1.807) is 43.3 Å². The fourth-order valence-electron chi connectivity index (χ4n) is 3.86. The zero-order valence-electron chi connectivity index (χ0n) is 22.1. The molecule has 0 aliphatic heterocycles. The average Bonchev–Trinajstić information content (AvgIpc) is 3.32. The van der Waals surface area contributed by atoms with Crippen LogP contribution in [0, 0.1) is 18.7 Å². The number of alkyl halides is 3. The Labute approximate surface area is 237 Å². The second-order valence-electron chi connectivity index (χ2n) is 9.26. The van der Waals surface area contributed by atoms with Crippen molar-refractivity contribution < 1.29 is 37.0 Å². The van der Waals surface area contributed by atoms with Gasteiger partial charge in [-0.1, -0.05) is 41.6 Å². The Balaban J connectivity index is 1.33. The summed E-state index contributed by atoms with van der Waals surface area (Å²) in [5, 5.41) is 14.3. The van der Waals surface area contributed by atoms with Gasteiger partial charge in [0.1, 0.15) is 35.7 Å². The Kier molecular flexibility index (Phi) is 9.38. The van der Waals surface area contributed by atoms with Gasteiger partial charge in [0.2, 0.25) is 0 Å². The summed E-state index contributed by atoms with van der Waals surface area (Å²) in [6.07, 6.45) is -4.21. The molecule has 0 aliphatic rings. The average molecular weight is 587 g/mol. The number of aryl methyl sites for hydroxylation is 1. The highest BCUT2D eigenvalue weighted by molar-refractivity contribution is 7.15. The molecule has 1 atom stereocenters. The Bertz CT molecular complexity index is 1500. The summed E-state index contributed by atoms with van der Waals surface area (Å²) in [4.78, 5) is 22.6. The first kappa shape index (κ1) is 29.7. The third-order valence-electron chi connectivity index (χ3n) is 6.25. The first-order chi connectivity index (χ1) is 19.5. The van der Waals surface area contributed by atoms with Crippen molar-refractivity contribution in [3.8, 4) is 16.3 Å². The van der Waals surface area contributed by atoms with Gasteiger partial charge in [-0.05, 0) is 67.8 Å². The van der Waals surface area contributed by atoms with E-state index in [2.05, 4.69) is 10.1 Å². The predicted molar refractivity (Wildman–Crippen MR) is 147 cm³/mol. The van der Waals surface area contributed by atoms with Crippen LogP contribution in [-0.4, -0.2) is 21.8 Å². The number of ether oxygens (including phenoxy) is 1. The molecule has 4 rings (SSSR count). The molecule has 1 N–H and O–H groups in total. The van der Waals surface area contributed by atoms with Crippen LogP contribution in [0.25, 0.3) is 10.6 Å². The quantitative estimate of drug-likeness (QED) is 0.111. The third-order valence-corrected chi connectivity index (χ3v) is 7.31. The number of carboxylic acids is 1. The van der Waals surface area contributed by atoms with Crippen LogP contribution < -0.4 is 4.74 Å². The fraction of sp³-hybridized carbons (Fsp3) is 0.233. The number of carboxylic acid groups (broad SMARTS) is 1. The van der Waals surface area contributed by atoms with Gasteiger partial charge in [-0.2, -0.15) is 13.2 Å². The number of oxime groups is 1. The van der Waals surface area contributed by atoms with Gasteiger partial charge in [0.15, 0.2) is 0 Å². The number of nitrogens with zero attached hydrogens (tertiary/aromatic N) is 2. The van der Waals surface area contributed by atoms with Crippen molar-refractivity contribution >= 4 is 23.0 Å². The van der Waals surface area contributed by atoms with Crippen LogP contribution in [0.15, 0.2) is 78.0 Å². The topological polar surface area (TPSA) is 81.0 Å². The molecular formula is C30H26F4N2O4S. The second kappa shape index (κ2) is 12.9. The maximum Gasteiger partial charge on any atom is 0.416 e. The van der Waals surface area contributed by atoms with Crippen molar-refractivity contribution in [2.75, 3.05) is 0 Å². The highest BCUT2D eigenvalue weighted by Gasteiger charge is 2.30. The van der Waals surface area contributed by atoms with E-state index in [0.717, 1.165) is 22.6 Å². The number of rotatable bonds is 11. The van der Waals surface area contributed by atoms with Gasteiger partial charge in [-0.25, -0.2) is 9.37 Å². The molecule has 0 saturated heterocycles. The van der Waals surface area contributed by atoms with E-state index >= 15 is 0 Å². The van der Waals surface area contributed by atoms with Crippen LogP contribution in [0.3, 0.4) is 0 Å². The lowest BCUT2D eigenvalue weighted by Gasteiger charge is -2.13. The van der Waals surface area contributed by atoms with E-state index in [9.17, 15) is 27.5 Å². The molecule has 0 radical (unpaired) electrons. The molecule has 1 unspecified atom stereocenters. The summed E-state index contributed by atoms with van der Waals surface area (Å²) in [5.74, 6) is -1.76. The number of thiazole rings is 1. The van der Waals surface area contributed by atoms with Gasteiger partial charge in [-0.15, -0.1) is 11.3 Å². The van der Waals surface area contributed by atoms with Crippen LogP contribution >= 0.6 is 11.3 Å². The second-order valence-corrected chi connectivity index (χ2v) is 10.5. The summed E-state index contributed by atoms with van der Waals surface area (Å²) < 4.78 is 57.4. The van der Waals surface area contributed by atoms with Crippen molar-refractivity contribution in [3.63, 3.8) is 0 Å². The summed E-state index contributed by atoms with van der Waals surface area (Å²) in [6.45, 7) is 3.69. The Morgan fingerprint density at radius 2 is 1.61 bits per heavy atom. The molecule has 0 amide bonds. The molecule has 4 aromatic rings. The smallest absolute Gasteiger partial charge is 0.416 e. The zero-order chi connectivity index (χ0) is 29.6. The summed E-state index contributed by atoms with van der Waals surface area (Å²) in [5.41, 5.74) is 2.31. The molecule has 0 bridgehead atoms. The standard InChI is InChI=1S/C30H26F4N2O4S/c1-18(36-40-16-21-3-11-24(31)12-4-21)26(29(37)38)15-20-5-13-25(14-6-20)39-17-27-19(2)41-28(35-27)22-7-9-23(10-8-22)30(32,33)34/h3-14,26H,15-17H2,1-2H3,(H,37,38)/b36-18+. The van der Waals surface area contributed by atoms with Gasteiger partial charge < -0.3 is 14.7 Å². The van der Waals surface area contributed by atoms with E-state index in [-0.39, 0.29) is 25.5 Å². The number of halogens is 4. The van der Waals surface area contributed by atoms with Crippen molar-refractivity contribution in [2.24, 2.45) is 11.1 Å². The lowest BCUT2D eigenvalue weighted by atomic mass is 9.95. The number of aromatic nitrogens is 1. The van der Waals surface area contributed by atoms with Crippen molar-refractivity contribution in [3.05, 3.63) is 106 Å². The fourth-order valence-corrected chi connectivity index (χ4v) is 4.79. The largest absolute Gasteiger partial charge is 0.487 e. The maximum atomic E-state index is 13.0. The number of benzene rings is 3. The molecule has 41 heavy (non-hydrogen) atoms. The van der Waals surface area contributed by atoms with Gasteiger partial charge in [0, 0.05) is 10.4 Å². The lowest BCUT2D eigenvalue weighted by molar-refractivity contribution is -0.139. The van der Waals surface area contributed by atoms with Crippen LogP contribution in [0.5, 0.6) is 5.75 Å². The van der Waals surface area contributed by atoms with Crippen molar-refractivity contribution in [2.45, 2.75) is 39.7 Å². The first-order valence-corrected chi connectivity index (χ1v) is 13.3. The molecule has 0 spiro atoms. The minimum atomic E-state index is -4.40. The number of carbonyl (C=O) groups is 1. The summed E-state index contributed by atoms with van der Waals surface area (Å²) in [7, 11) is 0. The molecule has 0 aliphatic carbocycles. The minimum Gasteiger partial charge on any atom is -0.487 e. The van der Waals surface area contributed by atoms with Crippen LogP contribution in [0.4, 0.5) is 17.6 Å². The summed E-state index contributed by atoms with van der Waals surface area (Å²) in [6, 6.07) is 17.6. The maximum absolute atomic E-state index is 13.0. The van der Waals surface area contributed by atoms with E-state index < -0.39 is 23.6 Å². The highest BCUT2D eigenvalue weighted by atomic mass is 32.1. The Morgan fingerprint density at radius 3 is 2.22 bits per heavy atom. The zero-order valence-corrected chi connectivity index (χ0v) is 22.9. The van der Waals surface area contributed by atoms with E-state index in [0.29, 0.717) is 33.3 Å². The molecule has 3 aromatic carbocycles.